The molecule has 1 N–H and O–H groups in total. The van der Waals surface area contributed by atoms with Crippen molar-refractivity contribution in [1.29, 1.82) is 0 Å². The van der Waals surface area contributed by atoms with Crippen LogP contribution < -0.4 is 0 Å². The zero-order valence-electron chi connectivity index (χ0n) is 9.92. The lowest BCUT2D eigenvalue weighted by Crippen LogP contribution is -2.02. The summed E-state index contributed by atoms with van der Waals surface area (Å²) in [6.45, 7) is 1.57. The lowest BCUT2D eigenvalue weighted by molar-refractivity contribution is 0.220. The van der Waals surface area contributed by atoms with Crippen molar-refractivity contribution in [1.82, 2.24) is 0 Å². The van der Waals surface area contributed by atoms with Crippen molar-refractivity contribution in [2.45, 2.75) is 13.0 Å². The highest BCUT2D eigenvalue weighted by molar-refractivity contribution is 6.31. The second kappa shape index (κ2) is 5.45. The zero-order chi connectivity index (χ0) is 14.2. The molecule has 5 heteroatoms. The van der Waals surface area contributed by atoms with Gasteiger partial charge in [0.05, 0.1) is 5.02 Å². The SMILES string of the molecule is Cc1cc(C(O)c2ccc(F)c(Cl)c2)c(Cl)cc1F. The van der Waals surface area contributed by atoms with Crippen LogP contribution >= 0.6 is 23.2 Å². The fourth-order valence-corrected chi connectivity index (χ4v) is 2.19. The molecule has 1 atom stereocenters. The molecular weight excluding hydrogens is 293 g/mol. The number of hydrogen-bond donors (Lipinski definition) is 1. The smallest absolute Gasteiger partial charge is 0.141 e. The van der Waals surface area contributed by atoms with Gasteiger partial charge in [0.2, 0.25) is 0 Å². The molecule has 0 amide bonds. The zero-order valence-corrected chi connectivity index (χ0v) is 11.4. The van der Waals surface area contributed by atoms with Gasteiger partial charge in [-0.25, -0.2) is 8.78 Å². The molecule has 100 valence electrons. The van der Waals surface area contributed by atoms with Crippen molar-refractivity contribution < 1.29 is 13.9 Å². The summed E-state index contributed by atoms with van der Waals surface area (Å²) in [5.41, 5.74) is 1.11. The number of benzene rings is 2. The molecule has 2 aromatic carbocycles. The van der Waals surface area contributed by atoms with Gasteiger partial charge in [-0.05, 0) is 42.3 Å². The van der Waals surface area contributed by atoms with Crippen molar-refractivity contribution in [3.05, 3.63) is 68.7 Å². The summed E-state index contributed by atoms with van der Waals surface area (Å²) >= 11 is 11.6. The van der Waals surface area contributed by atoms with E-state index >= 15 is 0 Å². The minimum Gasteiger partial charge on any atom is -0.384 e. The lowest BCUT2D eigenvalue weighted by atomic mass is 9.99. The Labute approximate surface area is 119 Å². The summed E-state index contributed by atoms with van der Waals surface area (Å²) < 4.78 is 26.4. The monoisotopic (exact) mass is 302 g/mol. The summed E-state index contributed by atoms with van der Waals surface area (Å²) in [7, 11) is 0. The minimum absolute atomic E-state index is 0.0912. The molecule has 0 bridgehead atoms. The van der Waals surface area contributed by atoms with Crippen molar-refractivity contribution in [2.75, 3.05) is 0 Å². The van der Waals surface area contributed by atoms with E-state index in [-0.39, 0.29) is 10.0 Å². The summed E-state index contributed by atoms with van der Waals surface area (Å²) in [6.07, 6.45) is -1.09. The van der Waals surface area contributed by atoms with Crippen LogP contribution in [0.1, 0.15) is 22.8 Å². The minimum atomic E-state index is -1.09. The van der Waals surface area contributed by atoms with Gasteiger partial charge in [-0.1, -0.05) is 29.3 Å². The molecule has 0 aromatic heterocycles. The third kappa shape index (κ3) is 2.89. The Bertz CT molecular complexity index is 629. The number of aryl methyl sites for hydroxylation is 1. The van der Waals surface area contributed by atoms with Crippen LogP contribution in [-0.2, 0) is 0 Å². The second-order valence-corrected chi connectivity index (χ2v) is 5.01. The van der Waals surface area contributed by atoms with Gasteiger partial charge in [0, 0.05) is 10.6 Å². The molecule has 0 heterocycles. The molecule has 1 nitrogen and oxygen atoms in total. The largest absolute Gasteiger partial charge is 0.384 e. The quantitative estimate of drug-likeness (QED) is 0.855. The van der Waals surface area contributed by atoms with Gasteiger partial charge < -0.3 is 5.11 Å². The fourth-order valence-electron chi connectivity index (χ4n) is 1.75. The average molecular weight is 303 g/mol. The maximum absolute atomic E-state index is 13.3. The van der Waals surface area contributed by atoms with Crippen molar-refractivity contribution in [3.63, 3.8) is 0 Å². The van der Waals surface area contributed by atoms with Crippen molar-refractivity contribution in [2.24, 2.45) is 0 Å². The normalized spacial score (nSPS) is 12.5. The maximum Gasteiger partial charge on any atom is 0.141 e. The number of halogens is 4. The van der Waals surface area contributed by atoms with Crippen LogP contribution in [0.25, 0.3) is 0 Å². The van der Waals surface area contributed by atoms with E-state index in [2.05, 4.69) is 0 Å². The Morgan fingerprint density at radius 1 is 1.00 bits per heavy atom. The average Bonchev–Trinajstić information content (AvgIpc) is 2.36. The molecule has 0 aliphatic carbocycles. The number of aliphatic hydroxyl groups excluding tert-OH is 1. The van der Waals surface area contributed by atoms with Crippen LogP contribution in [-0.4, -0.2) is 5.11 Å². The maximum atomic E-state index is 13.3. The van der Waals surface area contributed by atoms with E-state index < -0.39 is 17.7 Å². The molecule has 0 radical (unpaired) electrons. The Morgan fingerprint density at radius 2 is 1.68 bits per heavy atom. The third-order valence-corrected chi connectivity index (χ3v) is 3.45. The number of aliphatic hydroxyl groups is 1. The third-order valence-electron chi connectivity index (χ3n) is 2.83. The van der Waals surface area contributed by atoms with E-state index in [0.29, 0.717) is 16.7 Å². The summed E-state index contributed by atoms with van der Waals surface area (Å²) in [4.78, 5) is 0. The fraction of sp³-hybridized carbons (Fsp3) is 0.143. The van der Waals surface area contributed by atoms with Crippen LogP contribution in [0.2, 0.25) is 10.0 Å². The molecule has 0 saturated carbocycles. The Hall–Kier alpha value is -1.16. The van der Waals surface area contributed by atoms with E-state index in [0.717, 1.165) is 12.1 Å². The molecular formula is C14H10Cl2F2O. The molecule has 2 rings (SSSR count). The van der Waals surface area contributed by atoms with Gasteiger partial charge in [0.1, 0.15) is 17.7 Å². The Balaban J connectivity index is 2.46. The first-order valence-corrected chi connectivity index (χ1v) is 6.24. The highest BCUT2D eigenvalue weighted by atomic mass is 35.5. The first-order valence-electron chi connectivity index (χ1n) is 5.48. The van der Waals surface area contributed by atoms with E-state index in [4.69, 9.17) is 23.2 Å². The topological polar surface area (TPSA) is 20.2 Å². The van der Waals surface area contributed by atoms with Gasteiger partial charge >= 0.3 is 0 Å². The van der Waals surface area contributed by atoms with E-state index in [1.165, 1.54) is 18.2 Å². The predicted molar refractivity (Wildman–Crippen MR) is 71.6 cm³/mol. The van der Waals surface area contributed by atoms with Crippen LogP contribution in [0.4, 0.5) is 8.78 Å². The molecule has 2 aromatic rings. The Kier molecular flexibility index (Phi) is 4.09. The lowest BCUT2D eigenvalue weighted by Gasteiger charge is -2.15. The molecule has 1 unspecified atom stereocenters. The van der Waals surface area contributed by atoms with E-state index in [1.807, 2.05) is 0 Å². The summed E-state index contributed by atoms with van der Waals surface area (Å²) in [6, 6.07) is 6.48. The molecule has 19 heavy (non-hydrogen) atoms. The number of hydrogen-bond acceptors (Lipinski definition) is 1. The van der Waals surface area contributed by atoms with Crippen LogP contribution in [0, 0.1) is 18.6 Å². The van der Waals surface area contributed by atoms with Gasteiger partial charge in [-0.15, -0.1) is 0 Å². The standard InChI is InChI=1S/C14H10Cl2F2O/c1-7-4-9(10(15)6-13(7)18)14(19)8-2-3-12(17)11(16)5-8/h2-6,14,19H,1H3. The first-order chi connectivity index (χ1) is 8.90. The number of rotatable bonds is 2. The van der Waals surface area contributed by atoms with Crippen LogP contribution in [0.5, 0.6) is 0 Å². The van der Waals surface area contributed by atoms with Gasteiger partial charge in [0.15, 0.2) is 0 Å². The molecule has 0 saturated heterocycles. The van der Waals surface area contributed by atoms with Gasteiger partial charge in [-0.3, -0.25) is 0 Å². The van der Waals surface area contributed by atoms with Crippen LogP contribution in [0.15, 0.2) is 30.3 Å². The molecule has 0 aliphatic rings. The molecule has 0 spiro atoms. The van der Waals surface area contributed by atoms with E-state index in [1.54, 1.807) is 6.92 Å². The predicted octanol–water partition coefficient (Wildman–Crippen LogP) is 4.66. The first kappa shape index (κ1) is 14.3. The highest BCUT2D eigenvalue weighted by Crippen LogP contribution is 2.31. The van der Waals surface area contributed by atoms with Crippen LogP contribution in [0.3, 0.4) is 0 Å². The van der Waals surface area contributed by atoms with Crippen molar-refractivity contribution in [3.8, 4) is 0 Å². The summed E-state index contributed by atoms with van der Waals surface area (Å²) in [5.74, 6) is -1.02. The molecule has 0 fully saturated rings. The highest BCUT2D eigenvalue weighted by Gasteiger charge is 2.17. The van der Waals surface area contributed by atoms with Gasteiger partial charge in [-0.2, -0.15) is 0 Å². The second-order valence-electron chi connectivity index (χ2n) is 4.20. The van der Waals surface area contributed by atoms with E-state index in [9.17, 15) is 13.9 Å². The van der Waals surface area contributed by atoms with Crippen molar-refractivity contribution >= 4 is 23.2 Å². The molecule has 0 aliphatic heterocycles. The van der Waals surface area contributed by atoms with Gasteiger partial charge in [0.25, 0.3) is 0 Å². The summed E-state index contributed by atoms with van der Waals surface area (Å²) in [5, 5.41) is 10.2. The Morgan fingerprint density at radius 3 is 2.32 bits per heavy atom.